The van der Waals surface area contributed by atoms with Gasteiger partial charge in [-0.3, -0.25) is 4.99 Å². The normalized spacial score (nSPS) is 15.3. The van der Waals surface area contributed by atoms with Crippen LogP contribution in [0.1, 0.15) is 59.4 Å². The highest BCUT2D eigenvalue weighted by molar-refractivity contribution is 6.19. The molecule has 0 aromatic carbocycles. The number of alkyl halides is 1. The van der Waals surface area contributed by atoms with Crippen molar-refractivity contribution in [1.82, 2.24) is 9.97 Å². The second-order valence-corrected chi connectivity index (χ2v) is 8.35. The second-order valence-electron chi connectivity index (χ2n) is 8.08. The van der Waals surface area contributed by atoms with Crippen molar-refractivity contribution in [2.45, 2.75) is 66.9 Å². The summed E-state index contributed by atoms with van der Waals surface area (Å²) in [5, 5.41) is 0. The van der Waals surface area contributed by atoms with Crippen LogP contribution in [0.5, 0.6) is 0 Å². The maximum absolute atomic E-state index is 5.97. The lowest BCUT2D eigenvalue weighted by molar-refractivity contribution is 0.170. The van der Waals surface area contributed by atoms with Crippen molar-refractivity contribution in [2.75, 3.05) is 38.1 Å². The van der Waals surface area contributed by atoms with E-state index in [-0.39, 0.29) is 6.10 Å². The number of methoxy groups -OCH3 is 2. The molecular formula is C27H43ClN4O2. The van der Waals surface area contributed by atoms with E-state index < -0.39 is 0 Å². The van der Waals surface area contributed by atoms with Gasteiger partial charge >= 0.3 is 0 Å². The van der Waals surface area contributed by atoms with Crippen LogP contribution in [0, 0.1) is 12.8 Å². The van der Waals surface area contributed by atoms with Gasteiger partial charge in [0.05, 0.1) is 19.1 Å². The average Bonchev–Trinajstić information content (AvgIpc) is 2.85. The summed E-state index contributed by atoms with van der Waals surface area (Å²) < 4.78 is 11.0. The van der Waals surface area contributed by atoms with Gasteiger partial charge < -0.3 is 14.4 Å². The molecule has 34 heavy (non-hydrogen) atoms. The summed E-state index contributed by atoms with van der Waals surface area (Å²) in [4.78, 5) is 15.9. The molecule has 0 amide bonds. The molecule has 0 spiro atoms. The van der Waals surface area contributed by atoms with Crippen LogP contribution in [0.2, 0.25) is 0 Å². The quantitative estimate of drug-likeness (QED) is 0.0977. The predicted molar refractivity (Wildman–Crippen MR) is 145 cm³/mol. The Kier molecular flexibility index (Phi) is 14.4. The number of aromatic nitrogens is 2. The molecule has 2 unspecified atom stereocenters. The minimum absolute atomic E-state index is 0.190. The van der Waals surface area contributed by atoms with Gasteiger partial charge in [-0.25, -0.2) is 9.97 Å². The molecule has 0 aliphatic carbocycles. The first-order valence-corrected chi connectivity index (χ1v) is 12.8. The van der Waals surface area contributed by atoms with Crippen molar-refractivity contribution in [2.24, 2.45) is 10.9 Å². The summed E-state index contributed by atoms with van der Waals surface area (Å²) in [6.45, 7) is 14.4. The molecule has 190 valence electrons. The lowest BCUT2D eigenvalue weighted by atomic mass is 9.89. The van der Waals surface area contributed by atoms with Gasteiger partial charge in [0.2, 0.25) is 0 Å². The zero-order valence-electron chi connectivity index (χ0n) is 22.3. The fourth-order valence-corrected chi connectivity index (χ4v) is 4.13. The highest BCUT2D eigenvalue weighted by Gasteiger charge is 2.22. The van der Waals surface area contributed by atoms with Crippen molar-refractivity contribution in [3.63, 3.8) is 0 Å². The number of rotatable bonds is 14. The minimum Gasteiger partial charge on any atom is -0.500 e. The number of allylic oxidation sites excluding steroid dienone is 3. The van der Waals surface area contributed by atoms with Gasteiger partial charge in [0.1, 0.15) is 23.7 Å². The number of nitrogens with zero attached hydrogens (tertiary/aromatic N) is 4. The first-order chi connectivity index (χ1) is 16.4. The van der Waals surface area contributed by atoms with Crippen molar-refractivity contribution >= 4 is 23.3 Å². The standard InChI is InChI=1S/C27H43ClN4O2/c1-9-13-23(27(30-11-3)32(12-4)26-21(6)18-29-19-31-26)14-20(5)22(10-2)15-24(33-7)16-25(17-28)34-8/h13,15-16,18-20,24H,9-12,14,17H2,1-8H3/b22-15?,23-13-,25-16+,30-27-. The van der Waals surface area contributed by atoms with E-state index in [1.165, 1.54) is 11.1 Å². The van der Waals surface area contributed by atoms with Crippen LogP contribution in [0.15, 0.2) is 52.7 Å². The molecule has 0 fully saturated rings. The summed E-state index contributed by atoms with van der Waals surface area (Å²) in [5.41, 5.74) is 3.60. The fourth-order valence-electron chi connectivity index (χ4n) is 3.93. The van der Waals surface area contributed by atoms with Crippen LogP contribution in [0.4, 0.5) is 5.82 Å². The number of ether oxygens (including phenoxy) is 2. The van der Waals surface area contributed by atoms with Crippen LogP contribution >= 0.6 is 11.6 Å². The van der Waals surface area contributed by atoms with Gasteiger partial charge in [-0.2, -0.15) is 0 Å². The largest absolute Gasteiger partial charge is 0.500 e. The number of aryl methyl sites for hydroxylation is 1. The molecule has 1 aromatic heterocycles. The van der Waals surface area contributed by atoms with E-state index in [0.29, 0.717) is 24.1 Å². The molecule has 7 heteroatoms. The third-order valence-corrected chi connectivity index (χ3v) is 5.97. The van der Waals surface area contributed by atoms with Gasteiger partial charge in [-0.15, -0.1) is 11.6 Å². The third-order valence-electron chi connectivity index (χ3n) is 5.70. The summed E-state index contributed by atoms with van der Waals surface area (Å²) >= 11 is 5.97. The van der Waals surface area contributed by atoms with E-state index in [1.807, 2.05) is 19.2 Å². The Bertz CT molecular complexity index is 858. The molecule has 2 atom stereocenters. The third kappa shape index (κ3) is 8.88. The molecule has 6 nitrogen and oxygen atoms in total. The van der Waals surface area contributed by atoms with Crippen LogP contribution in [-0.4, -0.2) is 55.1 Å². The fraction of sp³-hybridized carbons (Fsp3) is 0.593. The molecule has 0 aliphatic rings. The van der Waals surface area contributed by atoms with E-state index >= 15 is 0 Å². The molecule has 0 saturated heterocycles. The van der Waals surface area contributed by atoms with Crippen LogP contribution in [0.25, 0.3) is 0 Å². The molecule has 0 aliphatic heterocycles. The molecule has 1 heterocycles. The Hall–Kier alpha value is -2.18. The maximum Gasteiger partial charge on any atom is 0.140 e. The topological polar surface area (TPSA) is 59.8 Å². The van der Waals surface area contributed by atoms with Crippen molar-refractivity contribution in [3.8, 4) is 0 Å². The van der Waals surface area contributed by atoms with E-state index in [4.69, 9.17) is 26.1 Å². The van der Waals surface area contributed by atoms with Crippen LogP contribution in [-0.2, 0) is 9.47 Å². The molecule has 1 aromatic rings. The van der Waals surface area contributed by atoms with E-state index in [0.717, 1.165) is 43.0 Å². The Morgan fingerprint density at radius 3 is 2.44 bits per heavy atom. The number of halogens is 1. The monoisotopic (exact) mass is 490 g/mol. The number of hydrogen-bond donors (Lipinski definition) is 0. The first kappa shape index (κ1) is 29.9. The zero-order chi connectivity index (χ0) is 25.5. The second kappa shape index (κ2) is 16.4. The Morgan fingerprint density at radius 1 is 1.21 bits per heavy atom. The van der Waals surface area contributed by atoms with Gasteiger partial charge in [0.15, 0.2) is 0 Å². The number of anilines is 1. The molecule has 0 radical (unpaired) electrons. The summed E-state index contributed by atoms with van der Waals surface area (Å²) in [6.07, 6.45) is 12.4. The number of aliphatic imine (C=N–C) groups is 1. The van der Waals surface area contributed by atoms with E-state index in [1.54, 1.807) is 20.5 Å². The van der Waals surface area contributed by atoms with E-state index in [2.05, 4.69) is 61.6 Å². The predicted octanol–water partition coefficient (Wildman–Crippen LogP) is 6.51. The molecule has 0 N–H and O–H groups in total. The Labute approximate surface area is 211 Å². The van der Waals surface area contributed by atoms with Gasteiger partial charge in [0, 0.05) is 32.0 Å². The average molecular weight is 491 g/mol. The molecular weight excluding hydrogens is 448 g/mol. The van der Waals surface area contributed by atoms with E-state index in [9.17, 15) is 0 Å². The summed E-state index contributed by atoms with van der Waals surface area (Å²) in [5.74, 6) is 3.22. The minimum atomic E-state index is -0.190. The van der Waals surface area contributed by atoms with Gasteiger partial charge in [-0.05, 0) is 57.6 Å². The van der Waals surface area contributed by atoms with Crippen molar-refractivity contribution < 1.29 is 9.47 Å². The van der Waals surface area contributed by atoms with Crippen molar-refractivity contribution in [3.05, 3.63) is 53.2 Å². The first-order valence-electron chi connectivity index (χ1n) is 12.2. The van der Waals surface area contributed by atoms with Crippen molar-refractivity contribution in [1.29, 1.82) is 0 Å². The zero-order valence-corrected chi connectivity index (χ0v) is 23.0. The maximum atomic E-state index is 5.97. The lowest BCUT2D eigenvalue weighted by Crippen LogP contribution is -2.34. The number of hydrogen-bond acceptors (Lipinski definition) is 5. The molecule has 0 saturated carbocycles. The highest BCUT2D eigenvalue weighted by atomic mass is 35.5. The number of likely N-dealkylation sites (N-methyl/N-ethyl adjacent to an activating group) is 1. The Morgan fingerprint density at radius 2 is 1.94 bits per heavy atom. The van der Waals surface area contributed by atoms with Crippen LogP contribution < -0.4 is 4.90 Å². The number of amidine groups is 1. The molecule has 0 bridgehead atoms. The summed E-state index contributed by atoms with van der Waals surface area (Å²) in [6, 6.07) is 0. The summed E-state index contributed by atoms with van der Waals surface area (Å²) in [7, 11) is 3.33. The Balaban J connectivity index is 3.34. The molecule has 1 rings (SSSR count). The lowest BCUT2D eigenvalue weighted by Gasteiger charge is -2.28. The van der Waals surface area contributed by atoms with Crippen LogP contribution in [0.3, 0.4) is 0 Å². The van der Waals surface area contributed by atoms with Gasteiger partial charge in [-0.1, -0.05) is 38.5 Å². The SMILES string of the molecule is CC/C=C(CC(C)C(=CC(/C=C(\CCl)OC)OC)CC)\C(=N\CC)N(CC)c1ncncc1C. The van der Waals surface area contributed by atoms with Gasteiger partial charge in [0.25, 0.3) is 0 Å². The highest BCUT2D eigenvalue weighted by Crippen LogP contribution is 2.27. The smallest absolute Gasteiger partial charge is 0.140 e.